The minimum absolute atomic E-state index is 0.179. The number of anilines is 2. The van der Waals surface area contributed by atoms with Crippen LogP contribution in [0.5, 0.6) is 5.75 Å². The predicted octanol–water partition coefficient (Wildman–Crippen LogP) is 1.47. The van der Waals surface area contributed by atoms with E-state index in [-0.39, 0.29) is 11.8 Å². The summed E-state index contributed by atoms with van der Waals surface area (Å²) in [5.41, 5.74) is 6.29. The van der Waals surface area contributed by atoms with Crippen molar-refractivity contribution in [2.75, 3.05) is 17.7 Å². The Labute approximate surface area is 117 Å². The molecule has 2 amide bonds. The van der Waals surface area contributed by atoms with Crippen molar-refractivity contribution in [3.8, 4) is 5.75 Å². The van der Waals surface area contributed by atoms with E-state index in [0.29, 0.717) is 30.0 Å². The number of ether oxygens (including phenoxy) is 1. The first-order chi connectivity index (χ1) is 9.44. The fourth-order valence-electron chi connectivity index (χ4n) is 2.12. The molecule has 6 nitrogen and oxygen atoms in total. The number of benzene rings is 1. The zero-order chi connectivity index (χ0) is 14.8. The van der Waals surface area contributed by atoms with Crippen LogP contribution in [0.1, 0.15) is 26.2 Å². The topological polar surface area (TPSA) is 93.5 Å². The first-order valence-corrected chi connectivity index (χ1v) is 6.50. The number of nitrogens with two attached hydrogens (primary N) is 1. The molecule has 0 saturated heterocycles. The lowest BCUT2D eigenvalue weighted by atomic mass is 9.77. The summed E-state index contributed by atoms with van der Waals surface area (Å²) in [4.78, 5) is 23.2. The van der Waals surface area contributed by atoms with Crippen LogP contribution in [0, 0.1) is 0 Å². The van der Waals surface area contributed by atoms with Gasteiger partial charge in [0.25, 0.3) is 0 Å². The molecule has 0 bridgehead atoms. The molecular weight excluding hydrogens is 258 g/mol. The SMILES string of the molecule is COc1ccc(NC(C)=O)cc1NC(=O)C1(N)CCC1. The molecule has 0 radical (unpaired) electrons. The van der Waals surface area contributed by atoms with Crippen molar-refractivity contribution < 1.29 is 14.3 Å². The molecule has 0 aromatic heterocycles. The van der Waals surface area contributed by atoms with Crippen LogP contribution >= 0.6 is 0 Å². The minimum atomic E-state index is -0.783. The largest absolute Gasteiger partial charge is 0.495 e. The number of nitrogens with one attached hydrogen (secondary N) is 2. The molecule has 6 heteroatoms. The van der Waals surface area contributed by atoms with E-state index in [2.05, 4.69) is 10.6 Å². The second-order valence-corrected chi connectivity index (χ2v) is 5.06. The van der Waals surface area contributed by atoms with Crippen LogP contribution in [0.25, 0.3) is 0 Å². The van der Waals surface area contributed by atoms with Gasteiger partial charge < -0.3 is 21.1 Å². The number of carbonyl (C=O) groups is 2. The zero-order valence-electron chi connectivity index (χ0n) is 11.7. The molecule has 1 fully saturated rings. The molecule has 1 aromatic rings. The van der Waals surface area contributed by atoms with E-state index in [1.54, 1.807) is 18.2 Å². The van der Waals surface area contributed by atoms with Gasteiger partial charge in [0.2, 0.25) is 11.8 Å². The maximum Gasteiger partial charge on any atom is 0.244 e. The van der Waals surface area contributed by atoms with Gasteiger partial charge in [0.15, 0.2) is 0 Å². The highest BCUT2D eigenvalue weighted by atomic mass is 16.5. The average Bonchev–Trinajstić information content (AvgIpc) is 2.35. The first-order valence-electron chi connectivity index (χ1n) is 6.50. The Morgan fingerprint density at radius 3 is 2.50 bits per heavy atom. The van der Waals surface area contributed by atoms with Gasteiger partial charge >= 0.3 is 0 Å². The summed E-state index contributed by atoms with van der Waals surface area (Å²) >= 11 is 0. The van der Waals surface area contributed by atoms with E-state index in [0.717, 1.165) is 6.42 Å². The maximum atomic E-state index is 12.1. The second-order valence-electron chi connectivity index (χ2n) is 5.06. The number of hydrogen-bond acceptors (Lipinski definition) is 4. The normalized spacial score (nSPS) is 15.9. The van der Waals surface area contributed by atoms with Gasteiger partial charge in [-0.25, -0.2) is 0 Å². The Bertz CT molecular complexity index is 538. The smallest absolute Gasteiger partial charge is 0.244 e. The summed E-state index contributed by atoms with van der Waals surface area (Å²) in [6.07, 6.45) is 2.34. The highest BCUT2D eigenvalue weighted by Gasteiger charge is 2.40. The van der Waals surface area contributed by atoms with Crippen molar-refractivity contribution in [2.45, 2.75) is 31.7 Å². The van der Waals surface area contributed by atoms with Crippen LogP contribution in [0.15, 0.2) is 18.2 Å². The van der Waals surface area contributed by atoms with Gasteiger partial charge in [0.05, 0.1) is 18.3 Å². The lowest BCUT2D eigenvalue weighted by Gasteiger charge is -2.36. The molecule has 108 valence electrons. The Kier molecular flexibility index (Phi) is 3.94. The van der Waals surface area contributed by atoms with E-state index in [1.807, 2.05) is 0 Å². The summed E-state index contributed by atoms with van der Waals surface area (Å²) in [6.45, 7) is 1.42. The molecule has 1 saturated carbocycles. The molecule has 1 aliphatic rings. The van der Waals surface area contributed by atoms with Gasteiger partial charge in [-0.15, -0.1) is 0 Å². The molecule has 4 N–H and O–H groups in total. The van der Waals surface area contributed by atoms with Crippen LogP contribution in [-0.2, 0) is 9.59 Å². The second kappa shape index (κ2) is 5.50. The van der Waals surface area contributed by atoms with E-state index in [9.17, 15) is 9.59 Å². The van der Waals surface area contributed by atoms with Gasteiger partial charge in [-0.05, 0) is 37.5 Å². The van der Waals surface area contributed by atoms with Gasteiger partial charge in [-0.2, -0.15) is 0 Å². The van der Waals surface area contributed by atoms with Gasteiger partial charge in [-0.1, -0.05) is 0 Å². The number of rotatable bonds is 4. The van der Waals surface area contributed by atoms with Crippen molar-refractivity contribution in [1.29, 1.82) is 0 Å². The molecule has 0 aliphatic heterocycles. The Morgan fingerprint density at radius 2 is 2.00 bits per heavy atom. The Morgan fingerprint density at radius 1 is 1.30 bits per heavy atom. The maximum absolute atomic E-state index is 12.1. The summed E-state index contributed by atoms with van der Waals surface area (Å²) in [7, 11) is 1.52. The minimum Gasteiger partial charge on any atom is -0.495 e. The Hall–Kier alpha value is -2.08. The molecule has 0 atom stereocenters. The summed E-state index contributed by atoms with van der Waals surface area (Å²) < 4.78 is 5.20. The summed E-state index contributed by atoms with van der Waals surface area (Å²) in [5.74, 6) is 0.124. The number of carbonyl (C=O) groups excluding carboxylic acids is 2. The Balaban J connectivity index is 2.19. The average molecular weight is 277 g/mol. The molecule has 20 heavy (non-hydrogen) atoms. The zero-order valence-corrected chi connectivity index (χ0v) is 11.7. The van der Waals surface area contributed by atoms with E-state index >= 15 is 0 Å². The van der Waals surface area contributed by atoms with Gasteiger partial charge in [0.1, 0.15) is 5.75 Å². The van der Waals surface area contributed by atoms with Crippen LogP contribution in [-0.4, -0.2) is 24.5 Å². The number of methoxy groups -OCH3 is 1. The predicted molar refractivity (Wildman–Crippen MR) is 76.7 cm³/mol. The molecular formula is C14H19N3O3. The lowest BCUT2D eigenvalue weighted by molar-refractivity contribution is -0.123. The highest BCUT2D eigenvalue weighted by Crippen LogP contribution is 2.33. The van der Waals surface area contributed by atoms with Gasteiger partial charge in [-0.3, -0.25) is 9.59 Å². The quantitative estimate of drug-likeness (QED) is 0.777. The molecule has 0 spiro atoms. The fourth-order valence-corrected chi connectivity index (χ4v) is 2.12. The third kappa shape index (κ3) is 2.91. The van der Waals surface area contributed by atoms with Crippen LogP contribution in [0.2, 0.25) is 0 Å². The third-order valence-corrected chi connectivity index (χ3v) is 3.47. The first kappa shape index (κ1) is 14.3. The van der Waals surface area contributed by atoms with E-state index in [4.69, 9.17) is 10.5 Å². The molecule has 0 unspecified atom stereocenters. The molecule has 1 aromatic carbocycles. The number of hydrogen-bond donors (Lipinski definition) is 3. The van der Waals surface area contributed by atoms with Gasteiger partial charge in [0, 0.05) is 12.6 Å². The van der Waals surface area contributed by atoms with Crippen LogP contribution in [0.4, 0.5) is 11.4 Å². The lowest BCUT2D eigenvalue weighted by Crippen LogP contribution is -2.56. The van der Waals surface area contributed by atoms with Crippen molar-refractivity contribution in [2.24, 2.45) is 5.73 Å². The highest BCUT2D eigenvalue weighted by molar-refractivity contribution is 6.00. The standard InChI is InChI=1S/C14H19N3O3/c1-9(18)16-10-4-5-12(20-2)11(8-10)17-13(19)14(15)6-3-7-14/h4-5,8H,3,6-7,15H2,1-2H3,(H,16,18)(H,17,19). The fraction of sp³-hybridized carbons (Fsp3) is 0.429. The summed E-state index contributed by atoms with van der Waals surface area (Å²) in [5, 5.41) is 5.44. The van der Waals surface area contributed by atoms with Crippen molar-refractivity contribution in [1.82, 2.24) is 0 Å². The monoisotopic (exact) mass is 277 g/mol. The number of amides is 2. The third-order valence-electron chi connectivity index (χ3n) is 3.47. The van der Waals surface area contributed by atoms with Crippen LogP contribution < -0.4 is 21.1 Å². The van der Waals surface area contributed by atoms with Crippen molar-refractivity contribution >= 4 is 23.2 Å². The molecule has 1 aliphatic carbocycles. The van der Waals surface area contributed by atoms with Crippen molar-refractivity contribution in [3.63, 3.8) is 0 Å². The van der Waals surface area contributed by atoms with E-state index in [1.165, 1.54) is 14.0 Å². The van der Waals surface area contributed by atoms with Crippen LogP contribution in [0.3, 0.4) is 0 Å². The van der Waals surface area contributed by atoms with E-state index < -0.39 is 5.54 Å². The van der Waals surface area contributed by atoms with Crippen molar-refractivity contribution in [3.05, 3.63) is 18.2 Å². The summed E-state index contributed by atoms with van der Waals surface area (Å²) in [6, 6.07) is 5.04. The molecule has 0 heterocycles. The molecule has 2 rings (SSSR count).